The van der Waals surface area contributed by atoms with Crippen molar-refractivity contribution in [2.75, 3.05) is 4.90 Å². The summed E-state index contributed by atoms with van der Waals surface area (Å²) in [6, 6.07) is 66.9. The van der Waals surface area contributed by atoms with Crippen molar-refractivity contribution in [3.63, 3.8) is 0 Å². The summed E-state index contributed by atoms with van der Waals surface area (Å²) < 4.78 is 0. The van der Waals surface area contributed by atoms with Crippen LogP contribution in [-0.2, 0) is 5.41 Å². The Morgan fingerprint density at radius 1 is 0.536 bits per heavy atom. The summed E-state index contributed by atoms with van der Waals surface area (Å²) in [6.07, 6.45) is 11.2. The monoisotopic (exact) mass is 715 g/mol. The van der Waals surface area contributed by atoms with E-state index in [1.54, 1.807) is 0 Å². The molecule has 1 nitrogen and oxygen atoms in total. The molecule has 0 N–H and O–H groups in total. The average Bonchev–Trinajstić information content (AvgIpc) is 3.57. The van der Waals surface area contributed by atoms with Crippen molar-refractivity contribution in [3.05, 3.63) is 252 Å². The van der Waals surface area contributed by atoms with Gasteiger partial charge in [0.05, 0.1) is 11.1 Å². The Labute approximate surface area is 329 Å². The average molecular weight is 716 g/mol. The van der Waals surface area contributed by atoms with Gasteiger partial charge >= 0.3 is 0 Å². The van der Waals surface area contributed by atoms with Gasteiger partial charge in [0.25, 0.3) is 0 Å². The van der Waals surface area contributed by atoms with Crippen LogP contribution in [0.3, 0.4) is 0 Å². The normalized spacial score (nSPS) is 16.5. The summed E-state index contributed by atoms with van der Waals surface area (Å²) in [4.78, 5) is 2.47. The summed E-state index contributed by atoms with van der Waals surface area (Å²) in [6.45, 7) is 8.17. The number of rotatable bonds is 8. The Morgan fingerprint density at radius 3 is 1.93 bits per heavy atom. The first-order chi connectivity index (χ1) is 27.7. The van der Waals surface area contributed by atoms with Gasteiger partial charge in [0.15, 0.2) is 0 Å². The quantitative estimate of drug-likeness (QED) is 0.151. The minimum atomic E-state index is -0.375. The van der Waals surface area contributed by atoms with Crippen molar-refractivity contribution >= 4 is 45.1 Å². The number of hydrogen-bond acceptors (Lipinski definition) is 1. The number of benzene rings is 8. The molecule has 0 radical (unpaired) electrons. The lowest BCUT2D eigenvalue weighted by Crippen LogP contribution is -2.36. The molecule has 2 atom stereocenters. The topological polar surface area (TPSA) is 3.24 Å². The zero-order valence-corrected chi connectivity index (χ0v) is 31.2. The van der Waals surface area contributed by atoms with Gasteiger partial charge in [-0.15, -0.1) is 0 Å². The fourth-order valence-electron chi connectivity index (χ4n) is 9.68. The van der Waals surface area contributed by atoms with Crippen LogP contribution in [0.2, 0.25) is 0 Å². The minimum absolute atomic E-state index is 0.138. The van der Waals surface area contributed by atoms with Crippen LogP contribution in [0.5, 0.6) is 0 Å². The summed E-state index contributed by atoms with van der Waals surface area (Å²) in [5.41, 5.74) is 13.0. The van der Waals surface area contributed by atoms with E-state index in [-0.39, 0.29) is 17.3 Å². The Morgan fingerprint density at radius 2 is 1.18 bits per heavy atom. The molecule has 0 heterocycles. The predicted octanol–water partition coefficient (Wildman–Crippen LogP) is 14.3. The van der Waals surface area contributed by atoms with Crippen LogP contribution >= 0.6 is 0 Å². The van der Waals surface area contributed by atoms with E-state index in [2.05, 4.69) is 218 Å². The molecule has 2 aliphatic rings. The maximum absolute atomic E-state index is 4.13. The Bertz CT molecular complexity index is 2800. The van der Waals surface area contributed by atoms with E-state index in [0.717, 1.165) is 28.2 Å². The first-order valence-corrected chi connectivity index (χ1v) is 19.5. The van der Waals surface area contributed by atoms with Crippen LogP contribution in [0, 0.1) is 5.92 Å². The van der Waals surface area contributed by atoms with Crippen molar-refractivity contribution in [1.82, 2.24) is 0 Å². The van der Waals surface area contributed by atoms with E-state index in [9.17, 15) is 0 Å². The highest BCUT2D eigenvalue weighted by atomic mass is 15.1. The van der Waals surface area contributed by atoms with E-state index in [1.165, 1.54) is 54.9 Å². The van der Waals surface area contributed by atoms with Crippen LogP contribution in [0.4, 0.5) is 11.4 Å². The molecule has 0 aliphatic heterocycles. The van der Waals surface area contributed by atoms with Gasteiger partial charge in [0.2, 0.25) is 0 Å². The van der Waals surface area contributed by atoms with Crippen LogP contribution < -0.4 is 4.90 Å². The van der Waals surface area contributed by atoms with E-state index >= 15 is 0 Å². The molecule has 266 valence electrons. The summed E-state index contributed by atoms with van der Waals surface area (Å²) in [5, 5.41) is 4.81. The second-order valence-corrected chi connectivity index (χ2v) is 14.9. The van der Waals surface area contributed by atoms with Gasteiger partial charge in [-0.1, -0.05) is 195 Å². The summed E-state index contributed by atoms with van der Waals surface area (Å²) >= 11 is 0. The second kappa shape index (κ2) is 13.7. The minimum Gasteiger partial charge on any atom is -0.310 e. The Kier molecular flexibility index (Phi) is 8.23. The van der Waals surface area contributed by atoms with Gasteiger partial charge in [-0.2, -0.15) is 0 Å². The third-order valence-electron chi connectivity index (χ3n) is 12.2. The number of nitrogens with zero attached hydrogens (tertiary/aromatic N) is 1. The van der Waals surface area contributed by atoms with Gasteiger partial charge in [0.1, 0.15) is 0 Å². The van der Waals surface area contributed by atoms with Crippen LogP contribution in [0.1, 0.15) is 39.3 Å². The predicted molar refractivity (Wildman–Crippen MR) is 238 cm³/mol. The lowest BCUT2D eigenvalue weighted by atomic mass is 9.63. The molecule has 1 heteroatoms. The number of fused-ring (bicyclic) bond motifs is 5. The smallest absolute Gasteiger partial charge is 0.0539 e. The molecule has 0 fully saturated rings. The van der Waals surface area contributed by atoms with Crippen molar-refractivity contribution in [1.29, 1.82) is 0 Å². The fourth-order valence-corrected chi connectivity index (χ4v) is 9.68. The fraction of sp³-hybridized carbons (Fsp3) is 0.0545. The van der Waals surface area contributed by atoms with Crippen LogP contribution in [0.25, 0.3) is 44.8 Å². The molecule has 0 saturated heterocycles. The van der Waals surface area contributed by atoms with Gasteiger partial charge in [-0.05, 0) is 91.0 Å². The first-order valence-electron chi connectivity index (χ1n) is 19.5. The molecule has 56 heavy (non-hydrogen) atoms. The third-order valence-corrected chi connectivity index (χ3v) is 12.2. The van der Waals surface area contributed by atoms with Gasteiger partial charge < -0.3 is 4.90 Å². The maximum atomic E-state index is 4.13. The Hall–Kier alpha value is -6.96. The molecule has 0 aromatic heterocycles. The molecule has 0 saturated carbocycles. The zero-order valence-electron chi connectivity index (χ0n) is 31.2. The molecule has 0 amide bonds. The summed E-state index contributed by atoms with van der Waals surface area (Å²) in [7, 11) is 0. The van der Waals surface area contributed by atoms with Crippen molar-refractivity contribution in [2.45, 2.75) is 11.3 Å². The molecule has 8 aromatic rings. The van der Waals surface area contributed by atoms with Gasteiger partial charge in [-0.25, -0.2) is 0 Å². The highest BCUT2D eigenvalue weighted by Crippen LogP contribution is 2.60. The highest BCUT2D eigenvalue weighted by molar-refractivity contribution is 5.99. The van der Waals surface area contributed by atoms with Crippen molar-refractivity contribution in [2.24, 2.45) is 5.92 Å². The van der Waals surface area contributed by atoms with Crippen molar-refractivity contribution in [3.8, 4) is 11.1 Å². The molecule has 8 aromatic carbocycles. The highest BCUT2D eigenvalue weighted by Gasteiger charge is 2.53. The van der Waals surface area contributed by atoms with Gasteiger partial charge in [0, 0.05) is 28.6 Å². The maximum Gasteiger partial charge on any atom is 0.0539 e. The van der Waals surface area contributed by atoms with Crippen molar-refractivity contribution < 1.29 is 0 Å². The standard InChI is InChI=1S/C55H41N/c1-3-38-26-27-41-28-29-42(36-51(41)47(38)4-2)39-30-32-45(33-31-39)56(54-25-15-17-40-16-11-12-22-48(40)54)46-34-35-50-49-23-13-14-24-52(49)55(53(50)37-46,43-18-7-5-8-19-43)44-20-9-6-10-21-44/h3-37,50,53H,1-2H2. The number of allylic oxidation sites excluding steroid dienone is 3. The molecule has 0 bridgehead atoms. The zero-order chi connectivity index (χ0) is 37.6. The number of anilines is 2. The SMILES string of the molecule is C=Cc1ccc2ccc(-c3ccc(N(C4=CC5C(C=C4)c4ccccc4C5(c4ccccc4)c4ccccc4)c4cccc5ccccc45)cc3)cc2c1C=C. The van der Waals surface area contributed by atoms with E-state index in [1.807, 2.05) is 12.2 Å². The van der Waals surface area contributed by atoms with Gasteiger partial charge in [-0.3, -0.25) is 0 Å². The molecule has 10 rings (SSSR count). The molecule has 0 spiro atoms. The van der Waals surface area contributed by atoms with E-state index in [0.29, 0.717) is 0 Å². The Balaban J connectivity index is 1.16. The second-order valence-electron chi connectivity index (χ2n) is 14.9. The third kappa shape index (κ3) is 5.23. The van der Waals surface area contributed by atoms with E-state index < -0.39 is 0 Å². The van der Waals surface area contributed by atoms with Crippen LogP contribution in [-0.4, -0.2) is 0 Å². The molecular formula is C55H41N. The first kappa shape index (κ1) is 33.6. The molecule has 2 aliphatic carbocycles. The molecular weight excluding hydrogens is 675 g/mol. The summed E-state index contributed by atoms with van der Waals surface area (Å²) in [5.74, 6) is 0.362. The van der Waals surface area contributed by atoms with E-state index in [4.69, 9.17) is 0 Å². The number of hydrogen-bond donors (Lipinski definition) is 0. The van der Waals surface area contributed by atoms with Crippen LogP contribution in [0.15, 0.2) is 219 Å². The lowest BCUT2D eigenvalue weighted by Gasteiger charge is -2.40. The molecule has 2 unspecified atom stereocenters. The largest absolute Gasteiger partial charge is 0.310 e. The lowest BCUT2D eigenvalue weighted by molar-refractivity contribution is 0.454.